The molecular formula is C35H43N3O5. The summed E-state index contributed by atoms with van der Waals surface area (Å²) in [5, 5.41) is 15.7. The number of para-hydroxylation sites is 1. The molecule has 2 unspecified atom stereocenters. The van der Waals surface area contributed by atoms with Crippen LogP contribution in [0.4, 0.5) is 10.5 Å². The van der Waals surface area contributed by atoms with E-state index >= 15 is 0 Å². The standard InChI is InChI=1S/C35H43N3O5/c1-21-10-8-11-22(2)29(21)31(32(40)37-30-23(3)12-9-13-24(30)4)38(26-16-17-26)33(41)28(36-34(42)43-35(5,6)7)20-25-14-18-27(39)19-15-25/h8-15,18-19,26,28,31,39H,16-17,20H2,1-7H3,(H,36,42)(H,37,40). The Labute approximate surface area is 254 Å². The van der Waals surface area contributed by atoms with Gasteiger partial charge in [-0.25, -0.2) is 4.79 Å². The fraction of sp³-hybridized carbons (Fsp3) is 0.400. The number of carbonyl (C=O) groups excluding carboxylic acids is 3. The predicted molar refractivity (Wildman–Crippen MR) is 168 cm³/mol. The van der Waals surface area contributed by atoms with E-state index in [9.17, 15) is 19.5 Å². The monoisotopic (exact) mass is 585 g/mol. The molecule has 3 N–H and O–H groups in total. The van der Waals surface area contributed by atoms with Crippen molar-refractivity contribution in [3.05, 3.63) is 94.0 Å². The van der Waals surface area contributed by atoms with Gasteiger partial charge < -0.3 is 25.4 Å². The van der Waals surface area contributed by atoms with Crippen LogP contribution in [0.5, 0.6) is 5.75 Å². The summed E-state index contributed by atoms with van der Waals surface area (Å²) in [5.74, 6) is -0.578. The van der Waals surface area contributed by atoms with E-state index < -0.39 is 23.8 Å². The number of nitrogens with zero attached hydrogens (tertiary/aromatic N) is 1. The van der Waals surface area contributed by atoms with E-state index in [-0.39, 0.29) is 30.0 Å². The second-order valence-electron chi connectivity index (χ2n) is 12.5. The molecule has 0 heterocycles. The summed E-state index contributed by atoms with van der Waals surface area (Å²) >= 11 is 0. The number of benzene rings is 3. The molecule has 0 aromatic heterocycles. The predicted octanol–water partition coefficient (Wildman–Crippen LogP) is 6.43. The van der Waals surface area contributed by atoms with Crippen molar-refractivity contribution >= 4 is 23.6 Å². The highest BCUT2D eigenvalue weighted by molar-refractivity contribution is 6.00. The molecule has 8 nitrogen and oxygen atoms in total. The van der Waals surface area contributed by atoms with Crippen LogP contribution in [0.1, 0.15) is 73.0 Å². The van der Waals surface area contributed by atoms with Gasteiger partial charge in [-0.1, -0.05) is 48.5 Å². The third kappa shape index (κ3) is 7.95. The van der Waals surface area contributed by atoms with Gasteiger partial charge in [0, 0.05) is 18.2 Å². The minimum atomic E-state index is -1.01. The van der Waals surface area contributed by atoms with Crippen LogP contribution < -0.4 is 10.6 Å². The van der Waals surface area contributed by atoms with Gasteiger partial charge in [0.25, 0.3) is 5.91 Å². The number of anilines is 1. The quantitative estimate of drug-likeness (QED) is 0.268. The van der Waals surface area contributed by atoms with E-state index in [1.165, 1.54) is 0 Å². The molecule has 1 aliphatic carbocycles. The molecule has 3 aromatic rings. The molecule has 43 heavy (non-hydrogen) atoms. The van der Waals surface area contributed by atoms with Crippen LogP contribution in [-0.4, -0.2) is 45.6 Å². The average Bonchev–Trinajstić information content (AvgIpc) is 3.75. The Morgan fingerprint density at radius 1 is 0.884 bits per heavy atom. The topological polar surface area (TPSA) is 108 Å². The zero-order chi connectivity index (χ0) is 31.5. The highest BCUT2D eigenvalue weighted by Crippen LogP contribution is 2.39. The molecule has 0 bridgehead atoms. The van der Waals surface area contributed by atoms with Crippen molar-refractivity contribution in [1.29, 1.82) is 0 Å². The van der Waals surface area contributed by atoms with Gasteiger partial charge in [-0.15, -0.1) is 0 Å². The first-order valence-electron chi connectivity index (χ1n) is 14.8. The van der Waals surface area contributed by atoms with E-state index in [0.717, 1.165) is 51.9 Å². The van der Waals surface area contributed by atoms with Crippen LogP contribution in [0.3, 0.4) is 0 Å². The molecular weight excluding hydrogens is 542 g/mol. The fourth-order valence-corrected chi connectivity index (χ4v) is 5.43. The number of carbonyl (C=O) groups is 3. The third-order valence-electron chi connectivity index (χ3n) is 7.63. The number of nitrogens with one attached hydrogen (secondary N) is 2. The van der Waals surface area contributed by atoms with Crippen molar-refractivity contribution in [3.63, 3.8) is 0 Å². The Balaban J connectivity index is 1.79. The van der Waals surface area contributed by atoms with Crippen LogP contribution in [0, 0.1) is 27.7 Å². The Morgan fingerprint density at radius 3 is 1.93 bits per heavy atom. The second kappa shape index (κ2) is 12.9. The number of ether oxygens (including phenoxy) is 1. The molecule has 4 rings (SSSR count). The van der Waals surface area contributed by atoms with E-state index in [2.05, 4.69) is 10.6 Å². The van der Waals surface area contributed by atoms with Crippen molar-refractivity contribution in [3.8, 4) is 5.75 Å². The lowest BCUT2D eigenvalue weighted by Gasteiger charge is -2.36. The number of aryl methyl sites for hydroxylation is 4. The Kier molecular flexibility index (Phi) is 9.48. The van der Waals surface area contributed by atoms with Crippen molar-refractivity contribution in [1.82, 2.24) is 10.2 Å². The smallest absolute Gasteiger partial charge is 0.408 e. The summed E-state index contributed by atoms with van der Waals surface area (Å²) < 4.78 is 5.53. The lowest BCUT2D eigenvalue weighted by Crippen LogP contribution is -2.54. The fourth-order valence-electron chi connectivity index (χ4n) is 5.43. The van der Waals surface area contributed by atoms with Gasteiger partial charge in [-0.05, 0) is 107 Å². The zero-order valence-electron chi connectivity index (χ0n) is 26.2. The SMILES string of the molecule is Cc1cccc(C)c1NC(=O)C(c1c(C)cccc1C)N(C(=O)C(Cc1ccc(O)cc1)NC(=O)OC(C)(C)C)C1CC1. The van der Waals surface area contributed by atoms with Gasteiger partial charge in [0.1, 0.15) is 23.4 Å². The molecule has 0 spiro atoms. The third-order valence-corrected chi connectivity index (χ3v) is 7.63. The zero-order valence-corrected chi connectivity index (χ0v) is 26.2. The summed E-state index contributed by atoms with van der Waals surface area (Å²) in [4.78, 5) is 43.7. The minimum Gasteiger partial charge on any atom is -0.508 e. The molecule has 3 aromatic carbocycles. The summed E-state index contributed by atoms with van der Waals surface area (Å²) in [7, 11) is 0. The first kappa shape index (κ1) is 31.6. The molecule has 8 heteroatoms. The van der Waals surface area contributed by atoms with E-state index in [1.807, 2.05) is 64.1 Å². The molecule has 1 saturated carbocycles. The number of phenols is 1. The number of hydrogen-bond donors (Lipinski definition) is 3. The van der Waals surface area contributed by atoms with E-state index in [4.69, 9.17) is 4.74 Å². The lowest BCUT2D eigenvalue weighted by atomic mass is 9.92. The van der Waals surface area contributed by atoms with Gasteiger partial charge >= 0.3 is 6.09 Å². The number of hydrogen-bond acceptors (Lipinski definition) is 5. The van der Waals surface area contributed by atoms with Gasteiger partial charge in [-0.2, -0.15) is 0 Å². The summed E-state index contributed by atoms with van der Waals surface area (Å²) in [5.41, 5.74) is 5.12. The molecule has 2 atom stereocenters. The van der Waals surface area contributed by atoms with Crippen molar-refractivity contribution < 1.29 is 24.2 Å². The Hall–Kier alpha value is -4.33. The number of amides is 3. The summed E-state index contributed by atoms with van der Waals surface area (Å²) in [6, 6.07) is 16.1. The number of aromatic hydroxyl groups is 1. The Morgan fingerprint density at radius 2 is 1.42 bits per heavy atom. The maximum Gasteiger partial charge on any atom is 0.408 e. The largest absolute Gasteiger partial charge is 0.508 e. The second-order valence-corrected chi connectivity index (χ2v) is 12.5. The van der Waals surface area contributed by atoms with Gasteiger partial charge in [-0.3, -0.25) is 9.59 Å². The number of phenolic OH excluding ortho intramolecular Hbond substituents is 1. The highest BCUT2D eigenvalue weighted by atomic mass is 16.6. The molecule has 1 fully saturated rings. The molecule has 228 valence electrons. The van der Waals surface area contributed by atoms with Gasteiger partial charge in [0.2, 0.25) is 5.91 Å². The highest BCUT2D eigenvalue weighted by Gasteiger charge is 2.45. The first-order valence-corrected chi connectivity index (χ1v) is 14.8. The average molecular weight is 586 g/mol. The number of rotatable bonds is 9. The molecule has 1 aliphatic rings. The van der Waals surface area contributed by atoms with Gasteiger partial charge in [0.15, 0.2) is 0 Å². The Bertz CT molecular complexity index is 1450. The molecule has 0 saturated heterocycles. The summed E-state index contributed by atoms with van der Waals surface area (Å²) in [6.07, 6.45) is 0.938. The molecule has 0 radical (unpaired) electrons. The van der Waals surface area contributed by atoms with Crippen LogP contribution in [0.15, 0.2) is 60.7 Å². The van der Waals surface area contributed by atoms with Crippen molar-refractivity contribution in [2.24, 2.45) is 0 Å². The molecule has 0 aliphatic heterocycles. The van der Waals surface area contributed by atoms with Crippen LogP contribution >= 0.6 is 0 Å². The van der Waals surface area contributed by atoms with Crippen molar-refractivity contribution in [2.45, 2.75) is 91.5 Å². The van der Waals surface area contributed by atoms with E-state index in [0.29, 0.717) is 0 Å². The van der Waals surface area contributed by atoms with Crippen LogP contribution in [0.2, 0.25) is 0 Å². The maximum absolute atomic E-state index is 14.7. The first-order chi connectivity index (χ1) is 20.2. The minimum absolute atomic E-state index is 0.101. The number of alkyl carbamates (subject to hydrolysis) is 1. The van der Waals surface area contributed by atoms with Gasteiger partial charge in [0.05, 0.1) is 0 Å². The molecule has 3 amide bonds. The normalized spacial score (nSPS) is 14.4. The van der Waals surface area contributed by atoms with Crippen molar-refractivity contribution in [2.75, 3.05) is 5.32 Å². The summed E-state index contributed by atoms with van der Waals surface area (Å²) in [6.45, 7) is 13.1. The van der Waals surface area contributed by atoms with E-state index in [1.54, 1.807) is 49.9 Å². The lowest BCUT2D eigenvalue weighted by molar-refractivity contribution is -0.141. The van der Waals surface area contributed by atoms with Crippen LogP contribution in [-0.2, 0) is 20.7 Å². The van der Waals surface area contributed by atoms with Crippen LogP contribution in [0.25, 0.3) is 0 Å². The maximum atomic E-state index is 14.7.